The molecule has 0 saturated heterocycles. The molecule has 2 aromatic rings. The molecule has 2 rings (SSSR count). The van der Waals surface area contributed by atoms with Crippen molar-refractivity contribution in [1.82, 2.24) is 14.9 Å². The molecular formula is C16H19N3O3S. The van der Waals surface area contributed by atoms with Crippen molar-refractivity contribution in [3.05, 3.63) is 46.5 Å². The predicted molar refractivity (Wildman–Crippen MR) is 87.7 cm³/mol. The summed E-state index contributed by atoms with van der Waals surface area (Å²) in [5.74, 6) is -1.28. The number of aryl methyl sites for hydroxylation is 1. The summed E-state index contributed by atoms with van der Waals surface area (Å²) < 4.78 is 3.79. The highest BCUT2D eigenvalue weighted by Crippen LogP contribution is 2.28. The van der Waals surface area contributed by atoms with Gasteiger partial charge >= 0.3 is 5.97 Å². The largest absolute Gasteiger partial charge is 0.481 e. The molecule has 122 valence electrons. The molecule has 0 radical (unpaired) electrons. The maximum atomic E-state index is 12.3. The Bertz CT molecular complexity index is 687. The van der Waals surface area contributed by atoms with Crippen molar-refractivity contribution >= 4 is 23.4 Å². The maximum absolute atomic E-state index is 12.3. The first-order valence-corrected chi connectivity index (χ1v) is 8.20. The number of carbonyl (C=O) groups is 2. The average Bonchev–Trinajstić information content (AvgIpc) is 3.05. The van der Waals surface area contributed by atoms with Crippen LogP contribution in [0.25, 0.3) is 0 Å². The summed E-state index contributed by atoms with van der Waals surface area (Å²) in [7, 11) is 0. The fraction of sp³-hybridized carbons (Fsp3) is 0.375. The van der Waals surface area contributed by atoms with E-state index in [1.165, 1.54) is 0 Å². The summed E-state index contributed by atoms with van der Waals surface area (Å²) in [5.41, 5.74) is 0.152. The molecule has 7 heteroatoms. The van der Waals surface area contributed by atoms with Crippen molar-refractivity contribution in [2.45, 2.75) is 32.1 Å². The normalized spacial score (nSPS) is 13.3. The molecule has 1 amide bonds. The van der Waals surface area contributed by atoms with Crippen LogP contribution in [-0.2, 0) is 16.6 Å². The smallest absolute Gasteiger partial charge is 0.315 e. The van der Waals surface area contributed by atoms with Gasteiger partial charge in [0.15, 0.2) is 0 Å². The second-order valence-electron chi connectivity index (χ2n) is 5.19. The first-order chi connectivity index (χ1) is 11.0. The molecule has 0 bridgehead atoms. The molecule has 0 aliphatic rings. The third-order valence-corrected chi connectivity index (χ3v) is 4.75. The third kappa shape index (κ3) is 3.39. The molecule has 0 aliphatic carbocycles. The van der Waals surface area contributed by atoms with Crippen LogP contribution < -0.4 is 5.32 Å². The van der Waals surface area contributed by atoms with E-state index in [0.29, 0.717) is 29.0 Å². The van der Waals surface area contributed by atoms with Gasteiger partial charge in [-0.3, -0.25) is 9.59 Å². The number of nitrogens with one attached hydrogen (secondary N) is 1. The summed E-state index contributed by atoms with van der Waals surface area (Å²) in [4.78, 5) is 24.7. The number of aliphatic carboxylic acids is 1. The van der Waals surface area contributed by atoms with Gasteiger partial charge in [0.05, 0.1) is 5.69 Å². The van der Waals surface area contributed by atoms with Gasteiger partial charge in [-0.15, -0.1) is 5.10 Å². The van der Waals surface area contributed by atoms with Crippen LogP contribution in [0.5, 0.6) is 0 Å². The summed E-state index contributed by atoms with van der Waals surface area (Å²) in [6.07, 6.45) is 0.976. The lowest BCUT2D eigenvalue weighted by molar-refractivity contribution is -0.143. The number of carboxylic acids is 1. The third-order valence-electron chi connectivity index (χ3n) is 3.99. The minimum absolute atomic E-state index is 0.0166. The highest BCUT2D eigenvalue weighted by atomic mass is 32.1. The molecule has 6 nitrogen and oxygen atoms in total. The number of aromatic nitrogens is 2. The molecule has 0 aliphatic heterocycles. The predicted octanol–water partition coefficient (Wildman–Crippen LogP) is 2.26. The number of hydrogen-bond acceptors (Lipinski definition) is 5. The van der Waals surface area contributed by atoms with Crippen LogP contribution in [0.1, 0.15) is 41.2 Å². The number of carboxylic acid groups (broad SMARTS) is 1. The van der Waals surface area contributed by atoms with E-state index in [2.05, 4.69) is 14.9 Å². The molecule has 2 N–H and O–H groups in total. The summed E-state index contributed by atoms with van der Waals surface area (Å²) in [6, 6.07) is 8.98. The van der Waals surface area contributed by atoms with E-state index in [0.717, 1.165) is 11.5 Å². The van der Waals surface area contributed by atoms with Gasteiger partial charge in [-0.05, 0) is 29.9 Å². The lowest BCUT2D eigenvalue weighted by Gasteiger charge is -2.29. The molecule has 1 unspecified atom stereocenters. The van der Waals surface area contributed by atoms with Gasteiger partial charge in [-0.1, -0.05) is 48.7 Å². The quantitative estimate of drug-likeness (QED) is 0.811. The molecule has 1 atom stereocenters. The Hall–Kier alpha value is -2.28. The topological polar surface area (TPSA) is 92.2 Å². The van der Waals surface area contributed by atoms with Crippen molar-refractivity contribution in [1.29, 1.82) is 0 Å². The van der Waals surface area contributed by atoms with Gasteiger partial charge in [0.25, 0.3) is 5.91 Å². The van der Waals surface area contributed by atoms with E-state index in [-0.39, 0.29) is 12.5 Å². The molecule has 1 heterocycles. The van der Waals surface area contributed by atoms with Gasteiger partial charge in [-0.2, -0.15) is 0 Å². The highest BCUT2D eigenvalue weighted by Gasteiger charge is 2.39. The van der Waals surface area contributed by atoms with E-state index in [1.54, 1.807) is 31.2 Å². The Morgan fingerprint density at radius 1 is 1.26 bits per heavy atom. The van der Waals surface area contributed by atoms with Crippen LogP contribution in [0.15, 0.2) is 30.3 Å². The Balaban J connectivity index is 2.23. The minimum Gasteiger partial charge on any atom is -0.481 e. The minimum atomic E-state index is -1.15. The van der Waals surface area contributed by atoms with Crippen molar-refractivity contribution in [3.63, 3.8) is 0 Å². The van der Waals surface area contributed by atoms with Gasteiger partial charge in [0.1, 0.15) is 10.3 Å². The Morgan fingerprint density at radius 3 is 2.52 bits per heavy atom. The standard InChI is InChI=1S/C16H19N3O3S/c1-3-12-13(23-19-18-12)14(20)17-10-16(4-2,15(21)22)11-8-6-5-7-9-11/h5-9H,3-4,10H2,1-2H3,(H,17,20)(H,21,22). The highest BCUT2D eigenvalue weighted by molar-refractivity contribution is 7.08. The van der Waals surface area contributed by atoms with Crippen molar-refractivity contribution in [2.75, 3.05) is 6.54 Å². The summed E-state index contributed by atoms with van der Waals surface area (Å²) in [5, 5.41) is 16.4. The van der Waals surface area contributed by atoms with E-state index in [1.807, 2.05) is 13.0 Å². The summed E-state index contributed by atoms with van der Waals surface area (Å²) in [6.45, 7) is 3.72. The number of amides is 1. The Labute approximate surface area is 138 Å². The molecule has 0 spiro atoms. The lowest BCUT2D eigenvalue weighted by Crippen LogP contribution is -2.46. The van der Waals surface area contributed by atoms with Crippen LogP contribution >= 0.6 is 11.5 Å². The van der Waals surface area contributed by atoms with Crippen molar-refractivity contribution < 1.29 is 14.7 Å². The number of carbonyl (C=O) groups excluding carboxylic acids is 1. The monoisotopic (exact) mass is 333 g/mol. The SMILES string of the molecule is CCc1nnsc1C(=O)NCC(CC)(C(=O)O)c1ccccc1. The van der Waals surface area contributed by atoms with E-state index >= 15 is 0 Å². The second kappa shape index (κ2) is 7.32. The number of hydrogen-bond donors (Lipinski definition) is 2. The van der Waals surface area contributed by atoms with Crippen molar-refractivity contribution in [2.24, 2.45) is 0 Å². The zero-order valence-electron chi connectivity index (χ0n) is 13.1. The maximum Gasteiger partial charge on any atom is 0.315 e. The van der Waals surface area contributed by atoms with E-state index < -0.39 is 11.4 Å². The van der Waals surface area contributed by atoms with Crippen LogP contribution in [0.3, 0.4) is 0 Å². The zero-order valence-corrected chi connectivity index (χ0v) is 13.9. The second-order valence-corrected chi connectivity index (χ2v) is 5.95. The molecule has 23 heavy (non-hydrogen) atoms. The number of benzene rings is 1. The number of rotatable bonds is 7. The first-order valence-electron chi connectivity index (χ1n) is 7.43. The van der Waals surface area contributed by atoms with Gasteiger partial charge in [0.2, 0.25) is 0 Å². The van der Waals surface area contributed by atoms with Gasteiger partial charge in [-0.25, -0.2) is 0 Å². The Morgan fingerprint density at radius 2 is 1.96 bits per heavy atom. The lowest BCUT2D eigenvalue weighted by atomic mass is 9.78. The fourth-order valence-electron chi connectivity index (χ4n) is 2.46. The van der Waals surface area contributed by atoms with E-state index in [9.17, 15) is 14.7 Å². The first kappa shape index (κ1) is 17.1. The van der Waals surface area contributed by atoms with Crippen LogP contribution in [0.2, 0.25) is 0 Å². The van der Waals surface area contributed by atoms with Crippen LogP contribution in [-0.4, -0.2) is 33.1 Å². The van der Waals surface area contributed by atoms with Crippen molar-refractivity contribution in [3.8, 4) is 0 Å². The van der Waals surface area contributed by atoms with Gasteiger partial charge < -0.3 is 10.4 Å². The zero-order chi connectivity index (χ0) is 16.9. The fourth-order valence-corrected chi connectivity index (χ4v) is 3.13. The molecule has 0 fully saturated rings. The molecule has 0 saturated carbocycles. The summed E-state index contributed by atoms with van der Waals surface area (Å²) >= 11 is 1.02. The molecule has 1 aromatic carbocycles. The molecule has 1 aromatic heterocycles. The average molecular weight is 333 g/mol. The van der Waals surface area contributed by atoms with Gasteiger partial charge in [0, 0.05) is 6.54 Å². The van der Waals surface area contributed by atoms with Crippen LogP contribution in [0, 0.1) is 0 Å². The number of nitrogens with zero attached hydrogens (tertiary/aromatic N) is 2. The Kier molecular flexibility index (Phi) is 5.44. The molecular weight excluding hydrogens is 314 g/mol. The van der Waals surface area contributed by atoms with Crippen LogP contribution in [0.4, 0.5) is 0 Å². The van der Waals surface area contributed by atoms with E-state index in [4.69, 9.17) is 0 Å².